The topological polar surface area (TPSA) is 38.3 Å². The van der Waals surface area contributed by atoms with Crippen LogP contribution >= 0.6 is 0 Å². The number of benzene rings is 2. The van der Waals surface area contributed by atoms with Gasteiger partial charge in [0.05, 0.1) is 6.61 Å². The minimum absolute atomic E-state index is 0.125. The fourth-order valence-electron chi connectivity index (χ4n) is 2.01. The molecule has 0 spiro atoms. The Bertz CT molecular complexity index is 587. The molecule has 0 unspecified atom stereocenters. The van der Waals surface area contributed by atoms with E-state index in [4.69, 9.17) is 4.74 Å². The lowest BCUT2D eigenvalue weighted by Gasteiger charge is -2.09. The number of carbonyl (C=O) groups is 1. The molecule has 0 aromatic heterocycles. The third-order valence-electron chi connectivity index (χ3n) is 3.06. The van der Waals surface area contributed by atoms with Gasteiger partial charge in [-0.25, -0.2) is 0 Å². The van der Waals surface area contributed by atoms with Gasteiger partial charge in [-0.15, -0.1) is 0 Å². The molecule has 0 fully saturated rings. The molecule has 0 atom stereocenters. The van der Waals surface area contributed by atoms with Gasteiger partial charge < -0.3 is 10.1 Å². The van der Waals surface area contributed by atoms with Crippen LogP contribution in [0.3, 0.4) is 0 Å². The molecule has 2 rings (SSSR count). The van der Waals surface area contributed by atoms with Gasteiger partial charge in [0.15, 0.2) is 0 Å². The average molecular weight is 269 g/mol. The molecular weight excluding hydrogens is 250 g/mol. The summed E-state index contributed by atoms with van der Waals surface area (Å²) in [4.78, 5) is 11.0. The van der Waals surface area contributed by atoms with Crippen molar-refractivity contribution in [3.05, 3.63) is 55.1 Å². The van der Waals surface area contributed by atoms with E-state index in [-0.39, 0.29) is 5.91 Å². The highest BCUT2D eigenvalue weighted by molar-refractivity contribution is 5.88. The molecule has 1 amide bonds. The monoisotopic (exact) mass is 269 g/mol. The van der Waals surface area contributed by atoms with Crippen LogP contribution in [0.5, 0.6) is 5.75 Å². The van der Waals surface area contributed by atoms with E-state index in [1.807, 2.05) is 24.3 Å². The normalized spacial score (nSPS) is 10.2. The third-order valence-corrected chi connectivity index (χ3v) is 3.06. The molecule has 0 saturated heterocycles. The zero-order chi connectivity index (χ0) is 14.2. The molecule has 3 heteroatoms. The Balaban J connectivity index is 1.79. The van der Waals surface area contributed by atoms with Gasteiger partial charge in [0, 0.05) is 11.9 Å². The number of hydrogen-bond donors (Lipinski definition) is 1. The van der Waals surface area contributed by atoms with Gasteiger partial charge in [0.2, 0.25) is 5.91 Å². The zero-order valence-electron chi connectivity index (χ0n) is 11.5. The van der Waals surface area contributed by atoms with E-state index in [9.17, 15) is 4.79 Å². The Labute approximate surface area is 119 Å². The summed E-state index contributed by atoms with van der Waals surface area (Å²) in [5, 5.41) is 5.07. The van der Waals surface area contributed by atoms with Crippen molar-refractivity contribution < 1.29 is 9.53 Å². The van der Waals surface area contributed by atoms with Gasteiger partial charge in [-0.2, -0.15) is 0 Å². The number of hydrogen-bond acceptors (Lipinski definition) is 2. The van der Waals surface area contributed by atoms with E-state index in [0.717, 1.165) is 24.0 Å². The maximum absolute atomic E-state index is 11.0. The quantitative estimate of drug-likeness (QED) is 0.618. The first-order chi connectivity index (χ1) is 9.81. The Morgan fingerprint density at radius 2 is 1.95 bits per heavy atom. The summed E-state index contributed by atoms with van der Waals surface area (Å²) in [6.07, 6.45) is 3.08. The summed E-state index contributed by atoms with van der Waals surface area (Å²) in [6, 6.07) is 14.2. The highest BCUT2D eigenvalue weighted by atomic mass is 16.5. The molecule has 20 heavy (non-hydrogen) atoms. The van der Waals surface area contributed by atoms with Crippen LogP contribution in [-0.4, -0.2) is 19.1 Å². The number of ether oxygens (including phenoxy) is 1. The standard InChI is InChI=1S/C17H19NO2/c1-2-17(19)18-12-5-6-13-20-16-11-7-9-14-8-3-4-10-15(14)16/h2-4,7-11H,1,5-6,12-13H2,(H,18,19). The fraction of sp³-hybridized carbons (Fsp3) is 0.235. The van der Waals surface area contributed by atoms with Crippen molar-refractivity contribution in [2.45, 2.75) is 12.8 Å². The van der Waals surface area contributed by atoms with E-state index < -0.39 is 0 Å². The van der Waals surface area contributed by atoms with Crippen LogP contribution in [0.4, 0.5) is 0 Å². The van der Waals surface area contributed by atoms with E-state index in [2.05, 4.69) is 30.1 Å². The van der Waals surface area contributed by atoms with E-state index in [0.29, 0.717) is 13.2 Å². The van der Waals surface area contributed by atoms with Gasteiger partial charge in [-0.1, -0.05) is 43.0 Å². The second kappa shape index (κ2) is 7.34. The lowest BCUT2D eigenvalue weighted by molar-refractivity contribution is -0.116. The van der Waals surface area contributed by atoms with Crippen molar-refractivity contribution in [2.24, 2.45) is 0 Å². The summed E-state index contributed by atoms with van der Waals surface area (Å²) < 4.78 is 5.82. The van der Waals surface area contributed by atoms with Crippen LogP contribution < -0.4 is 10.1 Å². The minimum atomic E-state index is -0.125. The molecule has 1 N–H and O–H groups in total. The molecule has 0 heterocycles. The van der Waals surface area contributed by atoms with Crippen LogP contribution in [0.1, 0.15) is 12.8 Å². The molecule has 2 aromatic carbocycles. The van der Waals surface area contributed by atoms with Gasteiger partial charge in [-0.05, 0) is 30.4 Å². The van der Waals surface area contributed by atoms with Crippen molar-refractivity contribution in [2.75, 3.05) is 13.2 Å². The van der Waals surface area contributed by atoms with Crippen molar-refractivity contribution in [3.8, 4) is 5.75 Å². The number of carbonyl (C=O) groups excluding carboxylic acids is 1. The predicted octanol–water partition coefficient (Wildman–Crippen LogP) is 3.30. The third kappa shape index (κ3) is 3.85. The average Bonchev–Trinajstić information content (AvgIpc) is 2.50. The van der Waals surface area contributed by atoms with E-state index in [1.54, 1.807) is 0 Å². The molecule has 0 aliphatic carbocycles. The van der Waals surface area contributed by atoms with Crippen molar-refractivity contribution in [1.29, 1.82) is 0 Å². The van der Waals surface area contributed by atoms with Gasteiger partial charge in [0.25, 0.3) is 0 Å². The molecule has 104 valence electrons. The number of fused-ring (bicyclic) bond motifs is 1. The summed E-state index contributed by atoms with van der Waals surface area (Å²) in [5.41, 5.74) is 0. The first-order valence-electron chi connectivity index (χ1n) is 6.82. The minimum Gasteiger partial charge on any atom is -0.493 e. The first-order valence-corrected chi connectivity index (χ1v) is 6.82. The maximum Gasteiger partial charge on any atom is 0.243 e. The van der Waals surface area contributed by atoms with Gasteiger partial charge >= 0.3 is 0 Å². The molecule has 0 aliphatic heterocycles. The molecule has 0 bridgehead atoms. The first kappa shape index (κ1) is 14.1. The summed E-state index contributed by atoms with van der Waals surface area (Å²) >= 11 is 0. The Morgan fingerprint density at radius 3 is 2.80 bits per heavy atom. The summed E-state index contributed by atoms with van der Waals surface area (Å²) in [7, 11) is 0. The molecular formula is C17H19NO2. The summed E-state index contributed by atoms with van der Waals surface area (Å²) in [6.45, 7) is 4.71. The second-order valence-electron chi connectivity index (χ2n) is 4.53. The van der Waals surface area contributed by atoms with Crippen molar-refractivity contribution in [1.82, 2.24) is 5.32 Å². The van der Waals surface area contributed by atoms with Crippen LogP contribution in [-0.2, 0) is 4.79 Å². The smallest absolute Gasteiger partial charge is 0.243 e. The van der Waals surface area contributed by atoms with E-state index >= 15 is 0 Å². The van der Waals surface area contributed by atoms with Crippen molar-refractivity contribution in [3.63, 3.8) is 0 Å². The Hall–Kier alpha value is -2.29. The van der Waals surface area contributed by atoms with Crippen LogP contribution in [0.15, 0.2) is 55.1 Å². The highest BCUT2D eigenvalue weighted by Gasteiger charge is 2.00. The van der Waals surface area contributed by atoms with Crippen LogP contribution in [0.2, 0.25) is 0 Å². The SMILES string of the molecule is C=CC(=O)NCCCCOc1cccc2ccccc12. The van der Waals surface area contributed by atoms with Crippen LogP contribution in [0, 0.1) is 0 Å². The molecule has 3 nitrogen and oxygen atoms in total. The van der Waals surface area contributed by atoms with Gasteiger partial charge in [-0.3, -0.25) is 4.79 Å². The zero-order valence-corrected chi connectivity index (χ0v) is 11.5. The Morgan fingerprint density at radius 1 is 1.15 bits per heavy atom. The van der Waals surface area contributed by atoms with Gasteiger partial charge in [0.1, 0.15) is 5.75 Å². The highest BCUT2D eigenvalue weighted by Crippen LogP contribution is 2.25. The lowest BCUT2D eigenvalue weighted by Crippen LogP contribution is -2.22. The maximum atomic E-state index is 11.0. The van der Waals surface area contributed by atoms with Crippen LogP contribution in [0.25, 0.3) is 10.8 Å². The number of nitrogens with one attached hydrogen (secondary N) is 1. The lowest BCUT2D eigenvalue weighted by atomic mass is 10.1. The number of rotatable bonds is 7. The molecule has 2 aromatic rings. The van der Waals surface area contributed by atoms with E-state index in [1.165, 1.54) is 11.5 Å². The number of unbranched alkanes of at least 4 members (excludes halogenated alkanes) is 1. The molecule has 0 aliphatic rings. The fourth-order valence-corrected chi connectivity index (χ4v) is 2.01. The second-order valence-corrected chi connectivity index (χ2v) is 4.53. The molecule has 0 radical (unpaired) electrons. The number of amides is 1. The largest absolute Gasteiger partial charge is 0.493 e. The Kier molecular flexibility index (Phi) is 5.18. The predicted molar refractivity (Wildman–Crippen MR) is 81.9 cm³/mol. The molecule has 0 saturated carbocycles. The summed E-state index contributed by atoms with van der Waals surface area (Å²) in [5.74, 6) is 0.790. The van der Waals surface area contributed by atoms with Crippen molar-refractivity contribution >= 4 is 16.7 Å².